The van der Waals surface area contributed by atoms with Crippen molar-refractivity contribution in [3.8, 4) is 0 Å². The third kappa shape index (κ3) is 3.09. The number of nitrogens with two attached hydrogens (primary N) is 1. The second-order valence-corrected chi connectivity index (χ2v) is 6.69. The first kappa shape index (κ1) is 14.8. The number of anilines is 2. The maximum atomic E-state index is 12.7. The molecule has 1 amide bonds. The van der Waals surface area contributed by atoms with Crippen molar-refractivity contribution in [2.45, 2.75) is 20.3 Å². The molecule has 0 aliphatic carbocycles. The van der Waals surface area contributed by atoms with Crippen LogP contribution in [0, 0.1) is 19.8 Å². The van der Waals surface area contributed by atoms with E-state index >= 15 is 0 Å². The molecule has 2 rings (SSSR count). The summed E-state index contributed by atoms with van der Waals surface area (Å²) in [6, 6.07) is 3.58. The van der Waals surface area contributed by atoms with E-state index in [9.17, 15) is 17.1 Å². The molecule has 0 saturated carbocycles. The monoisotopic (exact) mass is 300 g/mol. The van der Waals surface area contributed by atoms with Gasteiger partial charge in [-0.3, -0.25) is 4.79 Å². The van der Waals surface area contributed by atoms with Crippen LogP contribution in [0.4, 0.5) is 15.3 Å². The first-order valence-corrected chi connectivity index (χ1v) is 7.82. The van der Waals surface area contributed by atoms with Crippen LogP contribution in [0.15, 0.2) is 12.1 Å². The fourth-order valence-corrected chi connectivity index (χ4v) is 3.31. The standard InChI is InChI=1S/C13H17FN2O3S/c1-8-4-12(9(2)3-11(8)15)16-6-10(5-13(16)17)7-20(14,18)19/h3-4,10H,5-7,15H2,1-2H3. The lowest BCUT2D eigenvalue weighted by Crippen LogP contribution is -2.26. The van der Waals surface area contributed by atoms with E-state index in [1.807, 2.05) is 13.8 Å². The summed E-state index contributed by atoms with van der Waals surface area (Å²) in [6.45, 7) is 3.88. The summed E-state index contributed by atoms with van der Waals surface area (Å²) in [7, 11) is -4.56. The van der Waals surface area contributed by atoms with Gasteiger partial charge >= 0.3 is 10.2 Å². The summed E-state index contributed by atoms with van der Waals surface area (Å²) in [5, 5.41) is 0. The molecule has 5 nitrogen and oxygen atoms in total. The Labute approximate surface area is 117 Å². The summed E-state index contributed by atoms with van der Waals surface area (Å²) in [6.07, 6.45) is 0.0476. The van der Waals surface area contributed by atoms with Crippen LogP contribution in [-0.4, -0.2) is 26.6 Å². The quantitative estimate of drug-likeness (QED) is 0.678. The van der Waals surface area contributed by atoms with Gasteiger partial charge in [-0.2, -0.15) is 8.42 Å². The van der Waals surface area contributed by atoms with E-state index in [2.05, 4.69) is 0 Å². The Morgan fingerprint density at radius 2 is 2.00 bits per heavy atom. The molecule has 0 spiro atoms. The van der Waals surface area contributed by atoms with Crippen LogP contribution in [0.3, 0.4) is 0 Å². The van der Waals surface area contributed by atoms with Crippen LogP contribution >= 0.6 is 0 Å². The average molecular weight is 300 g/mol. The highest BCUT2D eigenvalue weighted by Gasteiger charge is 2.34. The van der Waals surface area contributed by atoms with E-state index in [1.54, 1.807) is 12.1 Å². The van der Waals surface area contributed by atoms with Crippen molar-refractivity contribution in [1.82, 2.24) is 0 Å². The normalized spacial score (nSPS) is 19.6. The minimum absolute atomic E-state index is 0.0476. The average Bonchev–Trinajstić information content (AvgIpc) is 2.62. The fourth-order valence-electron chi connectivity index (χ4n) is 2.52. The van der Waals surface area contributed by atoms with Crippen molar-refractivity contribution < 1.29 is 17.1 Å². The van der Waals surface area contributed by atoms with Gasteiger partial charge in [0.25, 0.3) is 0 Å². The van der Waals surface area contributed by atoms with Gasteiger partial charge in [-0.05, 0) is 37.1 Å². The molecule has 1 saturated heterocycles. The number of benzene rings is 1. The van der Waals surface area contributed by atoms with Crippen molar-refractivity contribution in [2.75, 3.05) is 22.9 Å². The molecule has 1 atom stereocenters. The van der Waals surface area contributed by atoms with Crippen molar-refractivity contribution in [3.05, 3.63) is 23.3 Å². The molecule has 0 aromatic heterocycles. The maximum Gasteiger partial charge on any atom is 0.302 e. The Morgan fingerprint density at radius 1 is 1.35 bits per heavy atom. The second kappa shape index (κ2) is 5.05. The number of rotatable bonds is 3. The van der Waals surface area contributed by atoms with E-state index in [1.165, 1.54) is 4.90 Å². The molecule has 2 N–H and O–H groups in total. The number of nitrogens with zero attached hydrogens (tertiary/aromatic N) is 1. The summed E-state index contributed by atoms with van der Waals surface area (Å²) in [5.41, 5.74) is 8.83. The minimum atomic E-state index is -4.56. The van der Waals surface area contributed by atoms with Crippen LogP contribution in [0.1, 0.15) is 17.5 Å². The highest BCUT2D eigenvalue weighted by atomic mass is 32.3. The number of nitrogen functional groups attached to an aromatic ring is 1. The van der Waals surface area contributed by atoms with Crippen molar-refractivity contribution in [3.63, 3.8) is 0 Å². The smallest absolute Gasteiger partial charge is 0.302 e. The largest absolute Gasteiger partial charge is 0.399 e. The molecule has 7 heteroatoms. The summed E-state index contributed by atoms with van der Waals surface area (Å²) < 4.78 is 34.1. The third-order valence-electron chi connectivity index (χ3n) is 3.52. The predicted octanol–water partition coefficient (Wildman–Crippen LogP) is 1.54. The maximum absolute atomic E-state index is 12.7. The SMILES string of the molecule is Cc1cc(N2CC(CS(=O)(=O)F)CC2=O)c(C)cc1N. The summed E-state index contributed by atoms with van der Waals surface area (Å²) in [4.78, 5) is 13.5. The third-order valence-corrected chi connectivity index (χ3v) is 4.38. The number of carbonyl (C=O) groups is 1. The van der Waals surface area contributed by atoms with Crippen molar-refractivity contribution in [2.24, 2.45) is 5.92 Å². The van der Waals surface area contributed by atoms with Gasteiger partial charge in [0, 0.05) is 30.3 Å². The second-order valence-electron chi connectivity index (χ2n) is 5.28. The zero-order valence-electron chi connectivity index (χ0n) is 11.4. The van der Waals surface area contributed by atoms with Crippen LogP contribution in [0.25, 0.3) is 0 Å². The molecule has 0 radical (unpaired) electrons. The number of aryl methyl sites for hydroxylation is 2. The summed E-state index contributed by atoms with van der Waals surface area (Å²) in [5.74, 6) is -1.30. The number of hydrogen-bond donors (Lipinski definition) is 1. The Hall–Kier alpha value is -1.63. The Kier molecular flexibility index (Phi) is 3.73. The van der Waals surface area contributed by atoms with E-state index < -0.39 is 21.9 Å². The molecule has 20 heavy (non-hydrogen) atoms. The summed E-state index contributed by atoms with van der Waals surface area (Å²) >= 11 is 0. The van der Waals surface area contributed by atoms with Gasteiger partial charge in [-0.25, -0.2) is 0 Å². The van der Waals surface area contributed by atoms with Crippen molar-refractivity contribution >= 4 is 27.5 Å². The first-order valence-electron chi connectivity index (χ1n) is 6.27. The highest BCUT2D eigenvalue weighted by Crippen LogP contribution is 2.31. The van der Waals surface area contributed by atoms with Gasteiger partial charge in [-0.15, -0.1) is 3.89 Å². The van der Waals surface area contributed by atoms with Gasteiger partial charge in [0.05, 0.1) is 5.75 Å². The number of carbonyl (C=O) groups excluding carboxylic acids is 1. The molecule has 1 heterocycles. The molecule has 110 valence electrons. The lowest BCUT2D eigenvalue weighted by atomic mass is 10.1. The molecule has 1 aromatic rings. The highest BCUT2D eigenvalue weighted by molar-refractivity contribution is 7.86. The number of halogens is 1. The Bertz CT molecular complexity index is 658. The van der Waals surface area contributed by atoms with E-state index in [4.69, 9.17) is 5.73 Å². The molecule has 1 unspecified atom stereocenters. The minimum Gasteiger partial charge on any atom is -0.399 e. The van der Waals surface area contributed by atoms with Gasteiger partial charge < -0.3 is 10.6 Å². The molecule has 1 aliphatic heterocycles. The Balaban J connectivity index is 2.26. The van der Waals surface area contributed by atoms with E-state index in [0.717, 1.165) is 11.1 Å². The lowest BCUT2D eigenvalue weighted by Gasteiger charge is -2.20. The van der Waals surface area contributed by atoms with Crippen LogP contribution < -0.4 is 10.6 Å². The van der Waals surface area contributed by atoms with Crippen LogP contribution in [0.5, 0.6) is 0 Å². The Morgan fingerprint density at radius 3 is 2.60 bits per heavy atom. The van der Waals surface area contributed by atoms with E-state index in [0.29, 0.717) is 11.4 Å². The topological polar surface area (TPSA) is 80.5 Å². The molecule has 1 aromatic carbocycles. The van der Waals surface area contributed by atoms with Gasteiger partial charge in [0.1, 0.15) is 0 Å². The fraction of sp³-hybridized carbons (Fsp3) is 0.462. The van der Waals surface area contributed by atoms with Gasteiger partial charge in [0.15, 0.2) is 0 Å². The lowest BCUT2D eigenvalue weighted by molar-refractivity contribution is -0.117. The molecule has 1 aliphatic rings. The number of hydrogen-bond acceptors (Lipinski definition) is 4. The zero-order valence-corrected chi connectivity index (χ0v) is 12.2. The van der Waals surface area contributed by atoms with E-state index in [-0.39, 0.29) is 18.9 Å². The molecule has 1 fully saturated rings. The van der Waals surface area contributed by atoms with Crippen LogP contribution in [-0.2, 0) is 15.0 Å². The van der Waals surface area contributed by atoms with Crippen LogP contribution in [0.2, 0.25) is 0 Å². The molecular formula is C13H17FN2O3S. The molecule has 0 bridgehead atoms. The van der Waals surface area contributed by atoms with Gasteiger partial charge in [0.2, 0.25) is 5.91 Å². The van der Waals surface area contributed by atoms with Gasteiger partial charge in [-0.1, -0.05) is 0 Å². The predicted molar refractivity (Wildman–Crippen MR) is 75.7 cm³/mol. The number of amides is 1. The van der Waals surface area contributed by atoms with Crippen molar-refractivity contribution in [1.29, 1.82) is 0 Å². The zero-order chi connectivity index (χ0) is 15.1. The first-order chi connectivity index (χ1) is 9.17. The molecular weight excluding hydrogens is 283 g/mol.